The van der Waals surface area contributed by atoms with Gasteiger partial charge < -0.3 is 10.6 Å². The Kier molecular flexibility index (Phi) is 5.35. The molecule has 10 heteroatoms. The van der Waals surface area contributed by atoms with Crippen LogP contribution in [-0.2, 0) is 16.0 Å². The van der Waals surface area contributed by atoms with Gasteiger partial charge in [-0.15, -0.1) is 0 Å². The minimum atomic E-state index is -0.897. The molecule has 0 aliphatic carbocycles. The molecule has 0 saturated carbocycles. The lowest BCUT2D eigenvalue weighted by Crippen LogP contribution is -2.37. The fraction of sp³-hybridized carbons (Fsp3) is 0.158. The fourth-order valence-electron chi connectivity index (χ4n) is 3.00. The first kappa shape index (κ1) is 19.7. The molecule has 3 rings (SSSR count). The van der Waals surface area contributed by atoms with Gasteiger partial charge in [0, 0.05) is 18.8 Å². The number of nitrogens with one attached hydrogen (secondary N) is 2. The van der Waals surface area contributed by atoms with E-state index in [1.165, 1.54) is 19.2 Å². The number of nitrogens with zero attached hydrogens (tertiary/aromatic N) is 2. The maximum absolute atomic E-state index is 12.5. The number of nitro groups is 1. The predicted molar refractivity (Wildman–Crippen MR) is 101 cm³/mol. The normalized spacial score (nSPS) is 12.5. The number of imide groups is 1. The maximum atomic E-state index is 12.5. The van der Waals surface area contributed by atoms with Crippen LogP contribution in [0.1, 0.15) is 26.3 Å². The molecule has 0 saturated heterocycles. The summed E-state index contributed by atoms with van der Waals surface area (Å²) in [6, 6.07) is 10.4. The topological polar surface area (TPSA) is 139 Å². The van der Waals surface area contributed by atoms with E-state index in [-0.39, 0.29) is 23.5 Å². The van der Waals surface area contributed by atoms with E-state index in [1.807, 2.05) is 0 Å². The van der Waals surface area contributed by atoms with Gasteiger partial charge in [-0.1, -0.05) is 24.3 Å². The molecule has 2 N–H and O–H groups in total. The zero-order valence-electron chi connectivity index (χ0n) is 15.3. The number of fused-ring (bicyclic) bond motifs is 1. The number of rotatable bonds is 6. The highest BCUT2D eigenvalue weighted by Gasteiger charge is 2.41. The zero-order valence-corrected chi connectivity index (χ0v) is 15.3. The van der Waals surface area contributed by atoms with Gasteiger partial charge in [0.2, 0.25) is 11.8 Å². The number of hydrogen-bond donors (Lipinski definition) is 2. The number of benzene rings is 2. The van der Waals surface area contributed by atoms with E-state index in [0.717, 1.165) is 6.07 Å². The minimum absolute atomic E-state index is 0.0339. The first-order valence-corrected chi connectivity index (χ1v) is 8.55. The lowest BCUT2D eigenvalue weighted by atomic mass is 10.1. The second-order valence-electron chi connectivity index (χ2n) is 6.21. The molecule has 2 aromatic rings. The number of likely N-dealkylation sites (N-methyl/N-ethyl adjacent to an activating group) is 1. The van der Waals surface area contributed by atoms with Crippen molar-refractivity contribution in [1.29, 1.82) is 0 Å². The van der Waals surface area contributed by atoms with Gasteiger partial charge >= 0.3 is 0 Å². The van der Waals surface area contributed by atoms with Crippen LogP contribution in [0, 0.1) is 10.1 Å². The van der Waals surface area contributed by atoms with Gasteiger partial charge in [0.05, 0.1) is 16.9 Å². The molecule has 1 aliphatic heterocycles. The number of carbonyl (C=O) groups excluding carboxylic acids is 4. The number of hydrogen-bond acceptors (Lipinski definition) is 6. The van der Waals surface area contributed by atoms with Crippen molar-refractivity contribution in [3.05, 3.63) is 69.3 Å². The number of para-hydroxylation sites is 1. The van der Waals surface area contributed by atoms with E-state index >= 15 is 0 Å². The third-order valence-electron chi connectivity index (χ3n) is 4.40. The Morgan fingerprint density at radius 2 is 1.76 bits per heavy atom. The number of anilines is 1. The molecule has 0 aromatic heterocycles. The van der Waals surface area contributed by atoms with Crippen molar-refractivity contribution in [2.45, 2.75) is 6.42 Å². The number of carbonyl (C=O) groups is 4. The van der Waals surface area contributed by atoms with Crippen molar-refractivity contribution < 1.29 is 24.1 Å². The van der Waals surface area contributed by atoms with Gasteiger partial charge in [0.15, 0.2) is 0 Å². The van der Waals surface area contributed by atoms with Gasteiger partial charge in [-0.3, -0.25) is 34.2 Å². The van der Waals surface area contributed by atoms with Crippen LogP contribution in [0.4, 0.5) is 11.4 Å². The van der Waals surface area contributed by atoms with Crippen molar-refractivity contribution in [2.24, 2.45) is 0 Å². The average molecular weight is 396 g/mol. The summed E-state index contributed by atoms with van der Waals surface area (Å²) in [6.07, 6.45) is 0.0339. The molecule has 4 amide bonds. The van der Waals surface area contributed by atoms with Crippen LogP contribution >= 0.6 is 0 Å². The summed E-state index contributed by atoms with van der Waals surface area (Å²) in [5.41, 5.74) is -0.00564. The smallest absolute Gasteiger partial charge is 0.282 e. The van der Waals surface area contributed by atoms with E-state index in [9.17, 15) is 29.3 Å². The molecule has 0 fully saturated rings. The largest absolute Gasteiger partial charge is 0.359 e. The Morgan fingerprint density at radius 1 is 1.03 bits per heavy atom. The lowest BCUT2D eigenvalue weighted by Gasteiger charge is -2.15. The van der Waals surface area contributed by atoms with Crippen molar-refractivity contribution >= 4 is 35.0 Å². The summed E-state index contributed by atoms with van der Waals surface area (Å²) in [5, 5.41) is 16.2. The monoisotopic (exact) mass is 396 g/mol. The Hall–Kier alpha value is -4.08. The van der Waals surface area contributed by atoms with E-state index in [1.54, 1.807) is 24.3 Å². The standard InChI is InChI=1S/C19H16N4O6/c1-20-15(24)9-11-5-2-3-7-13(11)21-16(25)10-22-18(26)12-6-4-8-14(23(28)29)17(12)19(22)27/h2-8H,9-10H2,1H3,(H,20,24)(H,21,25). The molecule has 0 spiro atoms. The summed E-state index contributed by atoms with van der Waals surface area (Å²) < 4.78 is 0. The van der Waals surface area contributed by atoms with Gasteiger partial charge in [-0.2, -0.15) is 0 Å². The van der Waals surface area contributed by atoms with Crippen LogP contribution in [0.3, 0.4) is 0 Å². The van der Waals surface area contributed by atoms with Crippen LogP contribution in [0.25, 0.3) is 0 Å². The van der Waals surface area contributed by atoms with Gasteiger partial charge in [-0.05, 0) is 17.7 Å². The molecule has 0 radical (unpaired) electrons. The van der Waals surface area contributed by atoms with Crippen molar-refractivity contribution in [1.82, 2.24) is 10.2 Å². The van der Waals surface area contributed by atoms with E-state index in [0.29, 0.717) is 16.2 Å². The summed E-state index contributed by atoms with van der Waals surface area (Å²) in [4.78, 5) is 60.1. The van der Waals surface area contributed by atoms with Crippen molar-refractivity contribution in [3.8, 4) is 0 Å². The molecular weight excluding hydrogens is 380 g/mol. The average Bonchev–Trinajstić information content (AvgIpc) is 2.94. The SMILES string of the molecule is CNC(=O)Cc1ccccc1NC(=O)CN1C(=O)c2cccc([N+](=O)[O-])c2C1=O. The number of amides is 4. The number of nitro benzene ring substituents is 1. The van der Waals surface area contributed by atoms with Crippen LogP contribution in [-0.4, -0.2) is 47.0 Å². The summed E-state index contributed by atoms with van der Waals surface area (Å²) >= 11 is 0. The van der Waals surface area contributed by atoms with Gasteiger partial charge in [-0.25, -0.2) is 0 Å². The van der Waals surface area contributed by atoms with E-state index in [2.05, 4.69) is 10.6 Å². The third kappa shape index (κ3) is 3.81. The van der Waals surface area contributed by atoms with Gasteiger partial charge in [0.25, 0.3) is 17.5 Å². The Bertz CT molecular complexity index is 1050. The highest BCUT2D eigenvalue weighted by Crippen LogP contribution is 2.30. The first-order valence-electron chi connectivity index (χ1n) is 8.55. The molecule has 0 atom stereocenters. The van der Waals surface area contributed by atoms with E-state index in [4.69, 9.17) is 0 Å². The second kappa shape index (κ2) is 7.89. The molecule has 2 aromatic carbocycles. The van der Waals surface area contributed by atoms with Crippen LogP contribution in [0.2, 0.25) is 0 Å². The van der Waals surface area contributed by atoms with Crippen molar-refractivity contribution in [3.63, 3.8) is 0 Å². The predicted octanol–water partition coefficient (Wildman–Crippen LogP) is 1.12. The molecule has 10 nitrogen and oxygen atoms in total. The molecular formula is C19H16N4O6. The summed E-state index contributed by atoms with van der Waals surface area (Å²) in [6.45, 7) is -0.613. The highest BCUT2D eigenvalue weighted by molar-refractivity contribution is 6.24. The molecule has 1 heterocycles. The van der Waals surface area contributed by atoms with Gasteiger partial charge in [0.1, 0.15) is 12.1 Å². The summed E-state index contributed by atoms with van der Waals surface area (Å²) in [7, 11) is 1.49. The lowest BCUT2D eigenvalue weighted by molar-refractivity contribution is -0.385. The Morgan fingerprint density at radius 3 is 2.45 bits per heavy atom. The van der Waals surface area contributed by atoms with E-state index < -0.39 is 34.9 Å². The second-order valence-corrected chi connectivity index (χ2v) is 6.21. The quantitative estimate of drug-likeness (QED) is 0.426. The fourth-order valence-corrected chi connectivity index (χ4v) is 3.00. The molecule has 1 aliphatic rings. The summed E-state index contributed by atoms with van der Waals surface area (Å²) in [5.74, 6) is -2.60. The third-order valence-corrected chi connectivity index (χ3v) is 4.40. The zero-order chi connectivity index (χ0) is 21.1. The maximum Gasteiger partial charge on any atom is 0.282 e. The van der Waals surface area contributed by atoms with Crippen molar-refractivity contribution in [2.75, 3.05) is 18.9 Å². The molecule has 0 bridgehead atoms. The highest BCUT2D eigenvalue weighted by atomic mass is 16.6. The molecule has 0 unspecified atom stereocenters. The minimum Gasteiger partial charge on any atom is -0.359 e. The Labute approximate surface area is 164 Å². The molecule has 148 valence electrons. The van der Waals surface area contributed by atoms with Crippen LogP contribution in [0.15, 0.2) is 42.5 Å². The first-order chi connectivity index (χ1) is 13.8. The molecule has 29 heavy (non-hydrogen) atoms. The van der Waals surface area contributed by atoms with Crippen LogP contribution in [0.5, 0.6) is 0 Å². The Balaban J connectivity index is 1.78. The van der Waals surface area contributed by atoms with Crippen LogP contribution < -0.4 is 10.6 Å².